The molecule has 0 saturated heterocycles. The van der Waals surface area contributed by atoms with Gasteiger partial charge in [0.15, 0.2) is 0 Å². The average Bonchev–Trinajstić information content (AvgIpc) is 2.51. The highest BCUT2D eigenvalue weighted by Gasteiger charge is 2.22. The summed E-state index contributed by atoms with van der Waals surface area (Å²) in [5, 5.41) is 2.63. The number of rotatable bonds is 10. The lowest BCUT2D eigenvalue weighted by Crippen LogP contribution is -2.49. The Labute approximate surface area is 131 Å². The molecule has 0 aliphatic carbocycles. The first-order valence-electron chi connectivity index (χ1n) is 7.37. The average molecular weight is 308 g/mol. The van der Waals surface area contributed by atoms with Gasteiger partial charge >= 0.3 is 0 Å². The van der Waals surface area contributed by atoms with Crippen LogP contribution in [0.2, 0.25) is 0 Å². The quantitative estimate of drug-likeness (QED) is 0.621. The van der Waals surface area contributed by atoms with Crippen molar-refractivity contribution in [3.05, 3.63) is 35.9 Å². The molecule has 122 valence electrons. The Hall–Kier alpha value is -1.92. The van der Waals surface area contributed by atoms with Crippen molar-refractivity contribution in [2.24, 2.45) is 5.73 Å². The fourth-order valence-electron chi connectivity index (χ4n) is 1.87. The lowest BCUT2D eigenvalue weighted by Gasteiger charge is -2.19. The van der Waals surface area contributed by atoms with Gasteiger partial charge in [-0.1, -0.05) is 30.3 Å². The minimum absolute atomic E-state index is 0.322. The van der Waals surface area contributed by atoms with Gasteiger partial charge in [-0.3, -0.25) is 9.59 Å². The molecule has 2 unspecified atom stereocenters. The molecule has 0 aliphatic heterocycles. The van der Waals surface area contributed by atoms with Crippen LogP contribution < -0.4 is 11.1 Å². The van der Waals surface area contributed by atoms with E-state index < -0.39 is 18.1 Å². The molecule has 0 aliphatic rings. The molecule has 0 fully saturated rings. The number of ether oxygens (including phenoxy) is 2. The van der Waals surface area contributed by atoms with Gasteiger partial charge in [0.2, 0.25) is 11.8 Å². The summed E-state index contributed by atoms with van der Waals surface area (Å²) in [5.41, 5.74) is 6.29. The maximum atomic E-state index is 12.0. The van der Waals surface area contributed by atoms with E-state index in [9.17, 15) is 9.59 Å². The first kappa shape index (κ1) is 18.1. The Kier molecular flexibility index (Phi) is 8.17. The monoisotopic (exact) mass is 308 g/mol. The molecule has 0 radical (unpaired) electrons. The number of primary amides is 1. The number of hydrogen-bond acceptors (Lipinski definition) is 4. The van der Waals surface area contributed by atoms with Crippen LogP contribution in [0.3, 0.4) is 0 Å². The molecule has 0 heterocycles. The molecule has 1 aromatic carbocycles. The minimum atomic E-state index is -0.757. The number of benzene rings is 1. The third-order valence-corrected chi connectivity index (χ3v) is 3.11. The van der Waals surface area contributed by atoms with E-state index in [0.717, 1.165) is 5.56 Å². The molecule has 6 heteroatoms. The van der Waals surface area contributed by atoms with E-state index in [1.165, 1.54) is 0 Å². The first-order valence-corrected chi connectivity index (χ1v) is 7.37. The maximum Gasteiger partial charge on any atom is 0.249 e. The summed E-state index contributed by atoms with van der Waals surface area (Å²) < 4.78 is 10.5. The second-order valence-corrected chi connectivity index (χ2v) is 4.86. The van der Waals surface area contributed by atoms with Crippen LogP contribution in [0.5, 0.6) is 0 Å². The molecule has 1 aromatic rings. The van der Waals surface area contributed by atoms with Crippen molar-refractivity contribution in [3.8, 4) is 0 Å². The Balaban J connectivity index is 2.48. The third-order valence-electron chi connectivity index (χ3n) is 3.11. The molecule has 0 aromatic heterocycles. The molecule has 1 rings (SSSR count). The smallest absolute Gasteiger partial charge is 0.249 e. The summed E-state index contributed by atoms with van der Waals surface area (Å²) in [5.74, 6) is -0.935. The zero-order valence-corrected chi connectivity index (χ0v) is 13.1. The summed E-state index contributed by atoms with van der Waals surface area (Å²) in [4.78, 5) is 23.5. The second-order valence-electron chi connectivity index (χ2n) is 4.86. The molecule has 0 saturated carbocycles. The first-order chi connectivity index (χ1) is 10.5. The van der Waals surface area contributed by atoms with Crippen molar-refractivity contribution in [1.82, 2.24) is 5.32 Å². The maximum absolute atomic E-state index is 12.0. The molecule has 3 N–H and O–H groups in total. The van der Waals surface area contributed by atoms with E-state index in [-0.39, 0.29) is 5.91 Å². The van der Waals surface area contributed by atoms with Gasteiger partial charge in [-0.05, 0) is 19.4 Å². The Bertz CT molecular complexity index is 464. The van der Waals surface area contributed by atoms with E-state index in [1.807, 2.05) is 37.3 Å². The topological polar surface area (TPSA) is 90.7 Å². The lowest BCUT2D eigenvalue weighted by molar-refractivity contribution is -0.135. The summed E-state index contributed by atoms with van der Waals surface area (Å²) in [6, 6.07) is 8.63. The molecule has 0 bridgehead atoms. The fourth-order valence-corrected chi connectivity index (χ4v) is 1.87. The van der Waals surface area contributed by atoms with Crippen molar-refractivity contribution >= 4 is 11.8 Å². The molecule has 22 heavy (non-hydrogen) atoms. The molecular weight excluding hydrogens is 284 g/mol. The van der Waals surface area contributed by atoms with E-state index >= 15 is 0 Å². The summed E-state index contributed by atoms with van der Waals surface area (Å²) in [6.45, 7) is 4.86. The second kappa shape index (κ2) is 9.92. The van der Waals surface area contributed by atoms with Gasteiger partial charge in [-0.25, -0.2) is 0 Å². The Morgan fingerprint density at radius 2 is 1.91 bits per heavy atom. The Morgan fingerprint density at radius 1 is 1.23 bits per heavy atom. The fraction of sp³-hybridized carbons (Fsp3) is 0.500. The third kappa shape index (κ3) is 6.69. The lowest BCUT2D eigenvalue weighted by atomic mass is 10.1. The van der Waals surface area contributed by atoms with Crippen LogP contribution in [0.15, 0.2) is 30.3 Å². The van der Waals surface area contributed by atoms with E-state index in [0.29, 0.717) is 26.2 Å². The van der Waals surface area contributed by atoms with Gasteiger partial charge in [0.1, 0.15) is 12.1 Å². The van der Waals surface area contributed by atoms with Crippen LogP contribution >= 0.6 is 0 Å². The number of amides is 2. The van der Waals surface area contributed by atoms with Crippen molar-refractivity contribution < 1.29 is 19.1 Å². The van der Waals surface area contributed by atoms with Crippen LogP contribution in [-0.4, -0.2) is 43.8 Å². The molecule has 2 atom stereocenters. The number of hydrogen-bond donors (Lipinski definition) is 2. The normalized spacial score (nSPS) is 13.4. The van der Waals surface area contributed by atoms with E-state index in [4.69, 9.17) is 15.2 Å². The molecule has 6 nitrogen and oxygen atoms in total. The SMILES string of the molecule is CCOCCOC(C)C(=O)NC(Cc1ccccc1)C(N)=O. The number of carbonyl (C=O) groups excluding carboxylic acids is 2. The van der Waals surface area contributed by atoms with E-state index in [1.54, 1.807) is 6.92 Å². The number of nitrogens with two attached hydrogens (primary N) is 1. The zero-order chi connectivity index (χ0) is 16.4. The van der Waals surface area contributed by atoms with Gasteiger partial charge in [-0.2, -0.15) is 0 Å². The van der Waals surface area contributed by atoms with Gasteiger partial charge < -0.3 is 20.5 Å². The van der Waals surface area contributed by atoms with E-state index in [2.05, 4.69) is 5.32 Å². The van der Waals surface area contributed by atoms with Crippen LogP contribution in [-0.2, 0) is 25.5 Å². The highest BCUT2D eigenvalue weighted by Crippen LogP contribution is 2.04. The predicted octanol–water partition coefficient (Wildman–Crippen LogP) is 0.641. The van der Waals surface area contributed by atoms with Gasteiger partial charge in [0, 0.05) is 13.0 Å². The van der Waals surface area contributed by atoms with Crippen molar-refractivity contribution in [3.63, 3.8) is 0 Å². The van der Waals surface area contributed by atoms with Crippen molar-refractivity contribution in [2.75, 3.05) is 19.8 Å². The molecule has 0 spiro atoms. The summed E-state index contributed by atoms with van der Waals surface area (Å²) in [6.07, 6.45) is -0.314. The van der Waals surface area contributed by atoms with Gasteiger partial charge in [0.25, 0.3) is 0 Å². The number of nitrogens with one attached hydrogen (secondary N) is 1. The largest absolute Gasteiger partial charge is 0.379 e. The van der Waals surface area contributed by atoms with Gasteiger partial charge in [-0.15, -0.1) is 0 Å². The van der Waals surface area contributed by atoms with Crippen LogP contribution in [0, 0.1) is 0 Å². The molecular formula is C16H24N2O4. The van der Waals surface area contributed by atoms with Crippen LogP contribution in [0.1, 0.15) is 19.4 Å². The van der Waals surface area contributed by atoms with Crippen molar-refractivity contribution in [1.29, 1.82) is 0 Å². The highest BCUT2D eigenvalue weighted by molar-refractivity contribution is 5.88. The van der Waals surface area contributed by atoms with Crippen LogP contribution in [0.25, 0.3) is 0 Å². The minimum Gasteiger partial charge on any atom is -0.379 e. The summed E-state index contributed by atoms with van der Waals surface area (Å²) >= 11 is 0. The summed E-state index contributed by atoms with van der Waals surface area (Å²) in [7, 11) is 0. The zero-order valence-electron chi connectivity index (χ0n) is 13.1. The molecule has 2 amide bonds. The Morgan fingerprint density at radius 3 is 2.50 bits per heavy atom. The van der Waals surface area contributed by atoms with Gasteiger partial charge in [0.05, 0.1) is 13.2 Å². The standard InChI is InChI=1S/C16H24N2O4/c1-3-21-9-10-22-12(2)16(20)18-14(15(17)19)11-13-7-5-4-6-8-13/h4-8,12,14H,3,9-11H2,1-2H3,(H2,17,19)(H,18,20). The highest BCUT2D eigenvalue weighted by atomic mass is 16.5. The number of carbonyl (C=O) groups is 2. The van der Waals surface area contributed by atoms with Crippen LogP contribution in [0.4, 0.5) is 0 Å². The van der Waals surface area contributed by atoms with Crippen molar-refractivity contribution in [2.45, 2.75) is 32.4 Å². The predicted molar refractivity (Wildman–Crippen MR) is 83.2 cm³/mol.